The Hall–Kier alpha value is -1.37. The number of rotatable bonds is 6. The van der Waals surface area contributed by atoms with Crippen LogP contribution >= 0.6 is 11.6 Å². The Labute approximate surface area is 123 Å². The largest absolute Gasteiger partial charge is 0.360 e. The second-order valence-corrected chi connectivity index (χ2v) is 6.49. The molecule has 1 heterocycles. The summed E-state index contributed by atoms with van der Waals surface area (Å²) in [6.07, 6.45) is 0.715. The Kier molecular flexibility index (Phi) is 4.80. The zero-order chi connectivity index (χ0) is 14.6. The molecule has 0 amide bonds. The van der Waals surface area contributed by atoms with Crippen LogP contribution in [0.2, 0.25) is 0 Å². The van der Waals surface area contributed by atoms with Gasteiger partial charge in [0, 0.05) is 11.9 Å². The van der Waals surface area contributed by atoms with Crippen LogP contribution in [0.15, 0.2) is 39.8 Å². The van der Waals surface area contributed by atoms with Crippen molar-refractivity contribution in [3.05, 3.63) is 47.3 Å². The van der Waals surface area contributed by atoms with E-state index in [1.807, 2.05) is 0 Å². The van der Waals surface area contributed by atoms with Crippen LogP contribution in [0.1, 0.15) is 17.0 Å². The van der Waals surface area contributed by atoms with Gasteiger partial charge in [0.05, 0.1) is 17.1 Å². The van der Waals surface area contributed by atoms with E-state index in [2.05, 4.69) is 9.88 Å². The molecule has 1 aromatic heterocycles. The zero-order valence-electron chi connectivity index (χ0n) is 11.0. The maximum atomic E-state index is 12.1. The van der Waals surface area contributed by atoms with E-state index in [9.17, 15) is 8.42 Å². The fraction of sp³-hybridized carbons (Fsp3) is 0.308. The summed E-state index contributed by atoms with van der Waals surface area (Å²) in [5.74, 6) is 0.986. The first-order valence-corrected chi connectivity index (χ1v) is 8.10. The summed E-state index contributed by atoms with van der Waals surface area (Å²) in [7, 11) is -3.55. The van der Waals surface area contributed by atoms with Gasteiger partial charge in [0.15, 0.2) is 5.76 Å². The third-order valence-corrected chi connectivity index (χ3v) is 4.34. The number of sulfonamides is 1. The van der Waals surface area contributed by atoms with Crippen molar-refractivity contribution >= 4 is 21.6 Å². The molecule has 0 radical (unpaired) electrons. The van der Waals surface area contributed by atoms with Gasteiger partial charge in [0.2, 0.25) is 10.0 Å². The highest BCUT2D eigenvalue weighted by atomic mass is 35.5. The van der Waals surface area contributed by atoms with Crippen LogP contribution in [0.5, 0.6) is 0 Å². The lowest BCUT2D eigenvalue weighted by molar-refractivity contribution is 0.377. The molecule has 2 rings (SSSR count). The molecule has 0 aliphatic heterocycles. The highest BCUT2D eigenvalue weighted by molar-refractivity contribution is 7.89. The predicted octanol–water partition coefficient (Wildman–Crippen LogP) is 2.24. The van der Waals surface area contributed by atoms with E-state index in [4.69, 9.17) is 16.1 Å². The minimum atomic E-state index is -3.55. The standard InChI is InChI=1S/C13H15ClN2O3S/c1-10-8-12(19-16-10)9-15-20(17,18)13-4-2-11(3-5-13)6-7-14/h2-5,8,15H,6-7,9H2,1H3. The van der Waals surface area contributed by atoms with E-state index in [-0.39, 0.29) is 11.4 Å². The van der Waals surface area contributed by atoms with Crippen molar-refractivity contribution in [3.63, 3.8) is 0 Å². The van der Waals surface area contributed by atoms with Crippen molar-refractivity contribution in [1.82, 2.24) is 9.88 Å². The molecular weight excluding hydrogens is 300 g/mol. The summed E-state index contributed by atoms with van der Waals surface area (Å²) in [5.41, 5.74) is 1.72. The van der Waals surface area contributed by atoms with Gasteiger partial charge in [-0.1, -0.05) is 17.3 Å². The van der Waals surface area contributed by atoms with Crippen molar-refractivity contribution in [3.8, 4) is 0 Å². The summed E-state index contributed by atoms with van der Waals surface area (Å²) < 4.78 is 31.6. The Balaban J connectivity index is 2.05. The summed E-state index contributed by atoms with van der Waals surface area (Å²) >= 11 is 5.64. The molecule has 2 aromatic rings. The highest BCUT2D eigenvalue weighted by Gasteiger charge is 2.14. The molecule has 20 heavy (non-hydrogen) atoms. The number of aryl methyl sites for hydroxylation is 2. The first-order valence-electron chi connectivity index (χ1n) is 6.08. The molecule has 0 spiro atoms. The van der Waals surface area contributed by atoms with Gasteiger partial charge in [-0.05, 0) is 31.0 Å². The molecule has 0 bridgehead atoms. The fourth-order valence-corrected chi connectivity index (χ4v) is 2.91. The maximum Gasteiger partial charge on any atom is 0.240 e. The number of halogens is 1. The molecule has 0 unspecified atom stereocenters. The quantitative estimate of drug-likeness (QED) is 0.830. The van der Waals surface area contributed by atoms with Crippen LogP contribution in [0.4, 0.5) is 0 Å². The number of alkyl halides is 1. The summed E-state index contributed by atoms with van der Waals surface area (Å²) in [4.78, 5) is 0.215. The van der Waals surface area contributed by atoms with Crippen LogP contribution in [-0.2, 0) is 23.0 Å². The van der Waals surface area contributed by atoms with Crippen LogP contribution in [0.3, 0.4) is 0 Å². The van der Waals surface area contributed by atoms with Gasteiger partial charge < -0.3 is 4.52 Å². The summed E-state index contributed by atoms with van der Waals surface area (Å²) in [5, 5.41) is 3.70. The zero-order valence-corrected chi connectivity index (χ0v) is 12.5. The Morgan fingerprint density at radius 2 is 2.00 bits per heavy atom. The van der Waals surface area contributed by atoms with E-state index < -0.39 is 10.0 Å². The predicted molar refractivity (Wildman–Crippen MR) is 76.1 cm³/mol. The van der Waals surface area contributed by atoms with E-state index >= 15 is 0 Å². The van der Waals surface area contributed by atoms with Crippen molar-refractivity contribution < 1.29 is 12.9 Å². The Morgan fingerprint density at radius 3 is 2.55 bits per heavy atom. The fourth-order valence-electron chi connectivity index (χ4n) is 1.69. The minimum absolute atomic E-state index is 0.0760. The van der Waals surface area contributed by atoms with Crippen LogP contribution < -0.4 is 4.72 Å². The number of aromatic nitrogens is 1. The van der Waals surface area contributed by atoms with Gasteiger partial charge in [-0.15, -0.1) is 11.6 Å². The first-order chi connectivity index (χ1) is 9.51. The lowest BCUT2D eigenvalue weighted by Gasteiger charge is -2.06. The average molecular weight is 315 g/mol. The van der Waals surface area contributed by atoms with E-state index in [0.717, 1.165) is 5.56 Å². The second kappa shape index (κ2) is 6.39. The molecule has 108 valence electrons. The van der Waals surface area contributed by atoms with Crippen molar-refractivity contribution in [1.29, 1.82) is 0 Å². The van der Waals surface area contributed by atoms with Crippen LogP contribution in [0, 0.1) is 6.92 Å². The molecule has 0 saturated carbocycles. The summed E-state index contributed by atoms with van der Waals surface area (Å²) in [6.45, 7) is 1.85. The molecular formula is C13H15ClN2O3S. The van der Waals surface area contributed by atoms with Gasteiger partial charge in [0.25, 0.3) is 0 Å². The number of nitrogens with zero attached hydrogens (tertiary/aromatic N) is 1. The topological polar surface area (TPSA) is 72.2 Å². The minimum Gasteiger partial charge on any atom is -0.360 e. The molecule has 1 N–H and O–H groups in total. The van der Waals surface area contributed by atoms with E-state index in [0.29, 0.717) is 23.8 Å². The number of nitrogens with one attached hydrogen (secondary N) is 1. The first kappa shape index (κ1) is 15.0. The van der Waals surface area contributed by atoms with Crippen LogP contribution in [-0.4, -0.2) is 19.5 Å². The number of hydrogen-bond acceptors (Lipinski definition) is 4. The Bertz CT molecular complexity index is 665. The van der Waals surface area contributed by atoms with Gasteiger partial charge in [0.1, 0.15) is 0 Å². The Morgan fingerprint density at radius 1 is 1.30 bits per heavy atom. The van der Waals surface area contributed by atoms with Gasteiger partial charge in [-0.25, -0.2) is 13.1 Å². The third-order valence-electron chi connectivity index (χ3n) is 2.73. The average Bonchev–Trinajstić information content (AvgIpc) is 2.84. The second-order valence-electron chi connectivity index (χ2n) is 4.34. The normalized spacial score (nSPS) is 11.7. The lowest BCUT2D eigenvalue weighted by Crippen LogP contribution is -2.23. The number of hydrogen-bond donors (Lipinski definition) is 1. The monoisotopic (exact) mass is 314 g/mol. The van der Waals surface area contributed by atoms with Crippen LogP contribution in [0.25, 0.3) is 0 Å². The lowest BCUT2D eigenvalue weighted by atomic mass is 10.2. The maximum absolute atomic E-state index is 12.1. The molecule has 0 atom stereocenters. The van der Waals surface area contributed by atoms with Crippen molar-refractivity contribution in [2.45, 2.75) is 24.8 Å². The third kappa shape index (κ3) is 3.82. The number of benzene rings is 1. The van der Waals surface area contributed by atoms with Gasteiger partial charge >= 0.3 is 0 Å². The van der Waals surface area contributed by atoms with Gasteiger partial charge in [-0.2, -0.15) is 0 Å². The molecule has 0 aliphatic rings. The van der Waals surface area contributed by atoms with Gasteiger partial charge in [-0.3, -0.25) is 0 Å². The summed E-state index contributed by atoms with van der Waals surface area (Å²) in [6, 6.07) is 8.34. The molecule has 0 fully saturated rings. The molecule has 0 aliphatic carbocycles. The molecule has 0 saturated heterocycles. The molecule has 7 heteroatoms. The van der Waals surface area contributed by atoms with E-state index in [1.54, 1.807) is 37.3 Å². The molecule has 5 nitrogen and oxygen atoms in total. The SMILES string of the molecule is Cc1cc(CNS(=O)(=O)c2ccc(CCCl)cc2)on1. The van der Waals surface area contributed by atoms with Crippen molar-refractivity contribution in [2.75, 3.05) is 5.88 Å². The molecule has 1 aromatic carbocycles. The van der Waals surface area contributed by atoms with Crippen molar-refractivity contribution in [2.24, 2.45) is 0 Å². The van der Waals surface area contributed by atoms with E-state index in [1.165, 1.54) is 0 Å². The highest BCUT2D eigenvalue weighted by Crippen LogP contribution is 2.12. The smallest absolute Gasteiger partial charge is 0.240 e.